The van der Waals surface area contributed by atoms with Crippen LogP contribution >= 0.6 is 0 Å². The Morgan fingerprint density at radius 1 is 1.45 bits per heavy atom. The fourth-order valence-electron chi connectivity index (χ4n) is 2.02. The van der Waals surface area contributed by atoms with Crippen molar-refractivity contribution in [3.05, 3.63) is 35.3 Å². The SMILES string of the molecule is Cc1ccn2c(C(=O)NCCOCCO)c(C)nc2c1. The van der Waals surface area contributed by atoms with E-state index in [9.17, 15) is 4.79 Å². The lowest BCUT2D eigenvalue weighted by Crippen LogP contribution is -2.29. The van der Waals surface area contributed by atoms with Gasteiger partial charge >= 0.3 is 0 Å². The first-order chi connectivity index (χ1) is 9.63. The standard InChI is InChI=1S/C14H19N3O3/c1-10-3-5-17-12(9-10)16-11(2)13(17)14(19)15-4-7-20-8-6-18/h3,5,9,18H,4,6-8H2,1-2H3,(H,15,19). The Morgan fingerprint density at radius 3 is 3.00 bits per heavy atom. The predicted molar refractivity (Wildman–Crippen MR) is 74.9 cm³/mol. The number of carbonyl (C=O) groups excluding carboxylic acids is 1. The third-order valence-corrected chi connectivity index (χ3v) is 2.94. The number of rotatable bonds is 6. The minimum atomic E-state index is -0.175. The van der Waals surface area contributed by atoms with Crippen molar-refractivity contribution in [3.8, 4) is 0 Å². The van der Waals surface area contributed by atoms with Gasteiger partial charge in [-0.3, -0.25) is 9.20 Å². The Labute approximate surface area is 117 Å². The topological polar surface area (TPSA) is 75.9 Å². The summed E-state index contributed by atoms with van der Waals surface area (Å²) in [6, 6.07) is 3.88. The quantitative estimate of drug-likeness (QED) is 0.762. The van der Waals surface area contributed by atoms with Crippen LogP contribution in [0, 0.1) is 13.8 Å². The van der Waals surface area contributed by atoms with E-state index < -0.39 is 0 Å². The van der Waals surface area contributed by atoms with Gasteiger partial charge in [0.15, 0.2) is 0 Å². The summed E-state index contributed by atoms with van der Waals surface area (Å²) >= 11 is 0. The molecular weight excluding hydrogens is 258 g/mol. The van der Waals surface area contributed by atoms with E-state index in [0.717, 1.165) is 11.2 Å². The Bertz CT molecular complexity index is 607. The van der Waals surface area contributed by atoms with E-state index >= 15 is 0 Å². The second kappa shape index (κ2) is 6.49. The third kappa shape index (κ3) is 3.15. The Kier molecular flexibility index (Phi) is 4.70. The van der Waals surface area contributed by atoms with Crippen LogP contribution in [0.5, 0.6) is 0 Å². The molecule has 2 aromatic heterocycles. The summed E-state index contributed by atoms with van der Waals surface area (Å²) in [7, 11) is 0. The first-order valence-electron chi connectivity index (χ1n) is 6.55. The normalized spacial score (nSPS) is 10.9. The number of hydrogen-bond acceptors (Lipinski definition) is 4. The molecule has 0 aliphatic carbocycles. The van der Waals surface area contributed by atoms with E-state index in [1.807, 2.05) is 32.2 Å². The average molecular weight is 277 g/mol. The van der Waals surface area contributed by atoms with Gasteiger partial charge in [0, 0.05) is 12.7 Å². The van der Waals surface area contributed by atoms with Gasteiger partial charge in [-0.1, -0.05) is 0 Å². The smallest absolute Gasteiger partial charge is 0.270 e. The van der Waals surface area contributed by atoms with Gasteiger partial charge in [-0.05, 0) is 31.5 Å². The second-order valence-electron chi connectivity index (χ2n) is 4.57. The fraction of sp³-hybridized carbons (Fsp3) is 0.429. The summed E-state index contributed by atoms with van der Waals surface area (Å²) in [6.45, 7) is 4.85. The number of nitrogens with zero attached hydrogens (tertiary/aromatic N) is 2. The van der Waals surface area contributed by atoms with Crippen molar-refractivity contribution >= 4 is 11.6 Å². The molecule has 20 heavy (non-hydrogen) atoms. The van der Waals surface area contributed by atoms with Crippen LogP contribution in [-0.2, 0) is 4.74 Å². The van der Waals surface area contributed by atoms with Gasteiger partial charge in [0.1, 0.15) is 11.3 Å². The van der Waals surface area contributed by atoms with Crippen LogP contribution in [0.3, 0.4) is 0 Å². The van der Waals surface area contributed by atoms with Crippen molar-refractivity contribution in [2.24, 2.45) is 0 Å². The number of aryl methyl sites for hydroxylation is 2. The molecule has 2 heterocycles. The number of aromatic nitrogens is 2. The molecule has 1 amide bonds. The maximum absolute atomic E-state index is 12.2. The first-order valence-corrected chi connectivity index (χ1v) is 6.55. The van der Waals surface area contributed by atoms with E-state index in [1.54, 1.807) is 4.40 Å². The monoisotopic (exact) mass is 277 g/mol. The molecule has 2 aromatic rings. The molecule has 108 valence electrons. The molecule has 0 saturated carbocycles. The van der Waals surface area contributed by atoms with E-state index in [-0.39, 0.29) is 19.1 Å². The molecule has 0 unspecified atom stereocenters. The fourth-order valence-corrected chi connectivity index (χ4v) is 2.02. The van der Waals surface area contributed by atoms with Crippen LogP contribution in [-0.4, -0.2) is 46.8 Å². The molecule has 0 spiro atoms. The lowest BCUT2D eigenvalue weighted by molar-refractivity contribution is 0.0834. The number of pyridine rings is 1. The summed E-state index contributed by atoms with van der Waals surface area (Å²) in [5.41, 5.74) is 3.11. The minimum absolute atomic E-state index is 0.0142. The molecule has 0 aromatic carbocycles. The molecule has 0 radical (unpaired) electrons. The van der Waals surface area contributed by atoms with Crippen LogP contribution in [0.25, 0.3) is 5.65 Å². The Balaban J connectivity index is 2.08. The van der Waals surface area contributed by atoms with E-state index in [1.165, 1.54) is 0 Å². The number of hydrogen-bond donors (Lipinski definition) is 2. The summed E-state index contributed by atoms with van der Waals surface area (Å²) < 4.78 is 6.88. The largest absolute Gasteiger partial charge is 0.394 e. The maximum Gasteiger partial charge on any atom is 0.270 e. The maximum atomic E-state index is 12.2. The molecule has 0 aliphatic rings. The number of ether oxygens (including phenoxy) is 1. The van der Waals surface area contributed by atoms with Crippen molar-refractivity contribution in [2.45, 2.75) is 13.8 Å². The van der Waals surface area contributed by atoms with E-state index in [2.05, 4.69) is 10.3 Å². The zero-order valence-corrected chi connectivity index (χ0v) is 11.7. The van der Waals surface area contributed by atoms with Gasteiger partial charge in [0.05, 0.1) is 25.5 Å². The van der Waals surface area contributed by atoms with Crippen molar-refractivity contribution in [2.75, 3.05) is 26.4 Å². The number of aliphatic hydroxyl groups is 1. The molecule has 6 heteroatoms. The zero-order valence-electron chi connectivity index (χ0n) is 11.7. The lowest BCUT2D eigenvalue weighted by atomic mass is 10.3. The van der Waals surface area contributed by atoms with Crippen LogP contribution < -0.4 is 5.32 Å². The highest BCUT2D eigenvalue weighted by molar-refractivity contribution is 5.94. The third-order valence-electron chi connectivity index (χ3n) is 2.94. The minimum Gasteiger partial charge on any atom is -0.394 e. The van der Waals surface area contributed by atoms with Crippen molar-refractivity contribution < 1.29 is 14.6 Å². The zero-order chi connectivity index (χ0) is 14.5. The number of nitrogens with one attached hydrogen (secondary N) is 1. The predicted octanol–water partition coefficient (Wildman–Crippen LogP) is 0.690. The molecule has 0 fully saturated rings. The number of imidazole rings is 1. The van der Waals surface area contributed by atoms with E-state index in [4.69, 9.17) is 9.84 Å². The molecular formula is C14H19N3O3. The second-order valence-corrected chi connectivity index (χ2v) is 4.57. The Hall–Kier alpha value is -1.92. The molecule has 2 rings (SSSR count). The summed E-state index contributed by atoms with van der Waals surface area (Å²) in [4.78, 5) is 16.6. The first kappa shape index (κ1) is 14.5. The van der Waals surface area contributed by atoms with Gasteiger partial charge in [0.2, 0.25) is 0 Å². The van der Waals surface area contributed by atoms with Crippen LogP contribution in [0.15, 0.2) is 18.3 Å². The van der Waals surface area contributed by atoms with Crippen LogP contribution in [0.1, 0.15) is 21.7 Å². The molecule has 0 aliphatic heterocycles. The van der Waals surface area contributed by atoms with Crippen molar-refractivity contribution in [1.82, 2.24) is 14.7 Å². The van der Waals surface area contributed by atoms with Crippen LogP contribution in [0.2, 0.25) is 0 Å². The molecule has 0 saturated heterocycles. The highest BCUT2D eigenvalue weighted by Gasteiger charge is 2.15. The van der Waals surface area contributed by atoms with Gasteiger partial charge in [-0.15, -0.1) is 0 Å². The summed E-state index contributed by atoms with van der Waals surface area (Å²) in [6.07, 6.45) is 1.85. The number of aliphatic hydroxyl groups excluding tert-OH is 1. The molecule has 6 nitrogen and oxygen atoms in total. The number of amides is 1. The highest BCUT2D eigenvalue weighted by Crippen LogP contribution is 2.13. The average Bonchev–Trinajstić information content (AvgIpc) is 2.73. The van der Waals surface area contributed by atoms with Gasteiger partial charge in [-0.25, -0.2) is 4.98 Å². The van der Waals surface area contributed by atoms with Gasteiger partial charge < -0.3 is 15.2 Å². The molecule has 0 bridgehead atoms. The highest BCUT2D eigenvalue weighted by atomic mass is 16.5. The number of carbonyl (C=O) groups is 1. The molecule has 0 atom stereocenters. The number of fused-ring (bicyclic) bond motifs is 1. The Morgan fingerprint density at radius 2 is 2.25 bits per heavy atom. The van der Waals surface area contributed by atoms with Crippen molar-refractivity contribution in [3.63, 3.8) is 0 Å². The van der Waals surface area contributed by atoms with Gasteiger partial charge in [0.25, 0.3) is 5.91 Å². The van der Waals surface area contributed by atoms with Crippen LogP contribution in [0.4, 0.5) is 0 Å². The summed E-state index contributed by atoms with van der Waals surface area (Å²) in [5, 5.41) is 11.4. The van der Waals surface area contributed by atoms with Gasteiger partial charge in [-0.2, -0.15) is 0 Å². The lowest BCUT2D eigenvalue weighted by Gasteiger charge is -2.06. The van der Waals surface area contributed by atoms with Crippen molar-refractivity contribution in [1.29, 1.82) is 0 Å². The summed E-state index contributed by atoms with van der Waals surface area (Å²) in [5.74, 6) is -0.175. The van der Waals surface area contributed by atoms with E-state index in [0.29, 0.717) is 24.5 Å². The molecule has 2 N–H and O–H groups in total.